The van der Waals surface area contributed by atoms with Gasteiger partial charge in [0.25, 0.3) is 0 Å². The van der Waals surface area contributed by atoms with Gasteiger partial charge in [0.05, 0.1) is 11.8 Å². The van der Waals surface area contributed by atoms with Crippen LogP contribution in [0.25, 0.3) is 10.9 Å². The number of hydrogen-bond acceptors (Lipinski definition) is 3. The lowest BCUT2D eigenvalue weighted by Gasteiger charge is -2.34. The molecule has 22 heavy (non-hydrogen) atoms. The van der Waals surface area contributed by atoms with E-state index in [1.807, 2.05) is 12.5 Å². The van der Waals surface area contributed by atoms with Gasteiger partial charge in [-0.05, 0) is 31.9 Å². The molecule has 4 heteroatoms. The molecule has 1 aromatic carbocycles. The van der Waals surface area contributed by atoms with Gasteiger partial charge in [-0.2, -0.15) is 0 Å². The highest BCUT2D eigenvalue weighted by molar-refractivity contribution is 5.92. The van der Waals surface area contributed by atoms with E-state index in [1.165, 1.54) is 11.1 Å². The van der Waals surface area contributed by atoms with E-state index >= 15 is 0 Å². The van der Waals surface area contributed by atoms with E-state index in [0.717, 1.165) is 37.1 Å². The van der Waals surface area contributed by atoms with E-state index in [9.17, 15) is 0 Å². The minimum absolute atomic E-state index is 0.577. The predicted molar refractivity (Wildman–Crippen MR) is 89.2 cm³/mol. The summed E-state index contributed by atoms with van der Waals surface area (Å²) in [5.41, 5.74) is 3.51. The summed E-state index contributed by atoms with van der Waals surface area (Å²) in [4.78, 5) is 11.3. The van der Waals surface area contributed by atoms with Crippen LogP contribution in [0.5, 0.6) is 0 Å². The number of anilines is 1. The lowest BCUT2D eigenvalue weighted by Crippen LogP contribution is -2.34. The molecule has 0 N–H and O–H groups in total. The van der Waals surface area contributed by atoms with Crippen molar-refractivity contribution >= 4 is 16.6 Å². The first-order chi connectivity index (χ1) is 10.8. The van der Waals surface area contributed by atoms with Crippen LogP contribution in [0.15, 0.2) is 49.1 Å². The van der Waals surface area contributed by atoms with Gasteiger partial charge in [-0.25, -0.2) is 4.98 Å². The van der Waals surface area contributed by atoms with Crippen molar-refractivity contribution in [2.45, 2.75) is 25.8 Å². The van der Waals surface area contributed by atoms with Gasteiger partial charge < -0.3 is 9.47 Å². The van der Waals surface area contributed by atoms with Gasteiger partial charge in [-0.3, -0.25) is 4.98 Å². The first-order valence-electron chi connectivity index (χ1n) is 7.90. The Morgan fingerprint density at radius 2 is 1.95 bits per heavy atom. The van der Waals surface area contributed by atoms with Crippen molar-refractivity contribution in [3.05, 3.63) is 54.7 Å². The smallest absolute Gasteiger partial charge is 0.0948 e. The molecule has 1 aliphatic heterocycles. The first-order valence-corrected chi connectivity index (χ1v) is 7.90. The van der Waals surface area contributed by atoms with Crippen molar-refractivity contribution < 1.29 is 0 Å². The molecular weight excluding hydrogens is 272 g/mol. The molecule has 112 valence electrons. The fourth-order valence-electron chi connectivity index (χ4n) is 3.44. The molecule has 1 aliphatic rings. The van der Waals surface area contributed by atoms with Crippen LogP contribution in [0.2, 0.25) is 0 Å². The van der Waals surface area contributed by atoms with Crippen molar-refractivity contribution in [1.29, 1.82) is 0 Å². The lowest BCUT2D eigenvalue weighted by atomic mass is 10.0. The molecule has 3 aromatic rings. The minimum atomic E-state index is 0.577. The zero-order chi connectivity index (χ0) is 14.9. The van der Waals surface area contributed by atoms with Crippen LogP contribution in [0.1, 0.15) is 24.6 Å². The van der Waals surface area contributed by atoms with E-state index in [-0.39, 0.29) is 0 Å². The monoisotopic (exact) mass is 292 g/mol. The van der Waals surface area contributed by atoms with Crippen molar-refractivity contribution in [3.8, 4) is 0 Å². The Balaban J connectivity index is 1.61. The van der Waals surface area contributed by atoms with Gasteiger partial charge in [-0.1, -0.05) is 18.2 Å². The van der Waals surface area contributed by atoms with Crippen LogP contribution in [-0.4, -0.2) is 27.6 Å². The molecule has 0 atom stereocenters. The zero-order valence-corrected chi connectivity index (χ0v) is 12.8. The third kappa shape index (κ3) is 2.34. The van der Waals surface area contributed by atoms with Crippen LogP contribution >= 0.6 is 0 Å². The van der Waals surface area contributed by atoms with Crippen LogP contribution in [0.4, 0.5) is 5.69 Å². The van der Waals surface area contributed by atoms with Crippen molar-refractivity contribution in [1.82, 2.24) is 14.5 Å². The van der Waals surface area contributed by atoms with Crippen LogP contribution in [-0.2, 0) is 0 Å². The summed E-state index contributed by atoms with van der Waals surface area (Å²) in [5, 5.41) is 1.26. The maximum absolute atomic E-state index is 4.65. The second-order valence-corrected chi connectivity index (χ2v) is 6.03. The molecule has 2 aromatic heterocycles. The number of hydrogen-bond donors (Lipinski definition) is 0. The molecule has 0 unspecified atom stereocenters. The number of rotatable bonds is 2. The number of aromatic nitrogens is 3. The number of fused-ring (bicyclic) bond motifs is 1. The van der Waals surface area contributed by atoms with E-state index in [2.05, 4.69) is 62.9 Å². The minimum Gasteiger partial charge on any atom is -0.371 e. The van der Waals surface area contributed by atoms with Crippen LogP contribution in [0, 0.1) is 6.92 Å². The molecule has 1 fully saturated rings. The molecule has 4 rings (SSSR count). The van der Waals surface area contributed by atoms with Gasteiger partial charge in [0.2, 0.25) is 0 Å². The number of pyridine rings is 1. The maximum Gasteiger partial charge on any atom is 0.0948 e. The number of para-hydroxylation sites is 1. The molecule has 4 nitrogen and oxygen atoms in total. The van der Waals surface area contributed by atoms with Crippen LogP contribution in [0.3, 0.4) is 0 Å². The Morgan fingerprint density at radius 3 is 2.73 bits per heavy atom. The van der Waals surface area contributed by atoms with Gasteiger partial charge >= 0.3 is 0 Å². The standard InChI is InChI=1S/C18H20N4/c1-14-12-18(16-4-2-3-5-17(16)20-14)21-9-6-15(7-10-21)22-11-8-19-13-22/h2-5,8,11-13,15H,6-7,9-10H2,1H3. The molecule has 0 spiro atoms. The zero-order valence-electron chi connectivity index (χ0n) is 12.8. The molecular formula is C18H20N4. The number of benzene rings is 1. The van der Waals surface area contributed by atoms with E-state index in [1.54, 1.807) is 0 Å². The highest BCUT2D eigenvalue weighted by Crippen LogP contribution is 2.31. The predicted octanol–water partition coefficient (Wildman–Crippen LogP) is 3.58. The number of imidazole rings is 1. The summed E-state index contributed by atoms with van der Waals surface area (Å²) in [7, 11) is 0. The summed E-state index contributed by atoms with van der Waals surface area (Å²) in [5.74, 6) is 0. The molecule has 0 saturated carbocycles. The topological polar surface area (TPSA) is 34.0 Å². The Bertz CT molecular complexity index is 771. The summed E-state index contributed by atoms with van der Waals surface area (Å²) >= 11 is 0. The Kier molecular flexibility index (Phi) is 3.29. The number of nitrogens with zero attached hydrogens (tertiary/aromatic N) is 4. The van der Waals surface area contributed by atoms with E-state index in [4.69, 9.17) is 0 Å². The quantitative estimate of drug-likeness (QED) is 0.724. The maximum atomic E-state index is 4.65. The lowest BCUT2D eigenvalue weighted by molar-refractivity contribution is 0.396. The highest BCUT2D eigenvalue weighted by atomic mass is 15.2. The van der Waals surface area contributed by atoms with Crippen molar-refractivity contribution in [3.63, 3.8) is 0 Å². The number of piperidine rings is 1. The average Bonchev–Trinajstić information content (AvgIpc) is 3.09. The Hall–Kier alpha value is -2.36. The molecule has 0 radical (unpaired) electrons. The molecule has 1 saturated heterocycles. The fraction of sp³-hybridized carbons (Fsp3) is 0.333. The van der Waals surface area contributed by atoms with Crippen molar-refractivity contribution in [2.24, 2.45) is 0 Å². The Morgan fingerprint density at radius 1 is 1.14 bits per heavy atom. The third-order valence-corrected chi connectivity index (χ3v) is 4.57. The fourth-order valence-corrected chi connectivity index (χ4v) is 3.44. The van der Waals surface area contributed by atoms with Gasteiger partial charge in [0.1, 0.15) is 0 Å². The van der Waals surface area contributed by atoms with Crippen molar-refractivity contribution in [2.75, 3.05) is 18.0 Å². The summed E-state index contributed by atoms with van der Waals surface area (Å²) < 4.78 is 2.24. The summed E-state index contributed by atoms with van der Waals surface area (Å²) in [6, 6.07) is 11.2. The normalized spacial score (nSPS) is 16.3. The number of aryl methyl sites for hydroxylation is 1. The van der Waals surface area contributed by atoms with E-state index in [0.29, 0.717) is 6.04 Å². The molecule has 0 amide bonds. The first kappa shape index (κ1) is 13.3. The third-order valence-electron chi connectivity index (χ3n) is 4.57. The highest BCUT2D eigenvalue weighted by Gasteiger charge is 2.21. The van der Waals surface area contributed by atoms with Gasteiger partial charge in [0, 0.05) is 48.3 Å². The van der Waals surface area contributed by atoms with Crippen LogP contribution < -0.4 is 4.90 Å². The molecule has 0 aliphatic carbocycles. The van der Waals surface area contributed by atoms with Gasteiger partial charge in [-0.15, -0.1) is 0 Å². The van der Waals surface area contributed by atoms with Gasteiger partial charge in [0.15, 0.2) is 0 Å². The second kappa shape index (κ2) is 5.44. The van der Waals surface area contributed by atoms with E-state index < -0.39 is 0 Å². The largest absolute Gasteiger partial charge is 0.371 e. The molecule has 3 heterocycles. The SMILES string of the molecule is Cc1cc(N2CCC(n3ccnc3)CC2)c2ccccc2n1. The molecule has 0 bridgehead atoms. The summed E-state index contributed by atoms with van der Waals surface area (Å²) in [6.07, 6.45) is 8.20. The average molecular weight is 292 g/mol. The summed E-state index contributed by atoms with van der Waals surface area (Å²) in [6.45, 7) is 4.24. The second-order valence-electron chi connectivity index (χ2n) is 6.03. The Labute approximate surface area is 130 Å².